The highest BCUT2D eigenvalue weighted by Gasteiger charge is 2.32. The minimum Gasteiger partial charge on any atom is -0.312 e. The van der Waals surface area contributed by atoms with Crippen molar-refractivity contribution in [3.63, 3.8) is 0 Å². The number of rotatable bonds is 4. The first kappa shape index (κ1) is 13.6. The summed E-state index contributed by atoms with van der Waals surface area (Å²) >= 11 is 11.7. The summed E-state index contributed by atoms with van der Waals surface area (Å²) in [6.07, 6.45) is 2.69. The standard InChI is InChI=1S/C15H15BrClNS/c1-18-15(9-2-3-9)14-7-6-13(19-14)11-8-10(16)4-5-12(11)17/h4-9,15,18H,2-3H2,1H3. The molecule has 4 heteroatoms. The summed E-state index contributed by atoms with van der Waals surface area (Å²) < 4.78 is 1.06. The van der Waals surface area contributed by atoms with Gasteiger partial charge in [0.15, 0.2) is 0 Å². The zero-order valence-corrected chi connectivity index (χ0v) is 13.8. The third kappa shape index (κ3) is 2.89. The van der Waals surface area contributed by atoms with Crippen LogP contribution in [0.15, 0.2) is 34.8 Å². The summed E-state index contributed by atoms with van der Waals surface area (Å²) in [6.45, 7) is 0. The van der Waals surface area contributed by atoms with E-state index in [0.717, 1.165) is 21.0 Å². The third-order valence-electron chi connectivity index (χ3n) is 3.53. The molecule has 100 valence electrons. The van der Waals surface area contributed by atoms with Crippen molar-refractivity contribution in [3.05, 3.63) is 44.7 Å². The van der Waals surface area contributed by atoms with Gasteiger partial charge in [0.05, 0.1) is 0 Å². The number of nitrogens with one attached hydrogen (secondary N) is 1. The molecule has 1 heterocycles. The molecule has 1 aromatic heterocycles. The van der Waals surface area contributed by atoms with Gasteiger partial charge in [-0.05, 0) is 56.1 Å². The van der Waals surface area contributed by atoms with Crippen molar-refractivity contribution in [1.29, 1.82) is 0 Å². The zero-order valence-electron chi connectivity index (χ0n) is 10.6. The van der Waals surface area contributed by atoms with Gasteiger partial charge in [-0.2, -0.15) is 0 Å². The van der Waals surface area contributed by atoms with Crippen molar-refractivity contribution in [2.75, 3.05) is 7.05 Å². The molecule has 0 aliphatic heterocycles. The molecule has 0 saturated heterocycles. The monoisotopic (exact) mass is 355 g/mol. The van der Waals surface area contributed by atoms with Gasteiger partial charge in [-0.15, -0.1) is 11.3 Å². The van der Waals surface area contributed by atoms with Crippen LogP contribution in [-0.2, 0) is 0 Å². The van der Waals surface area contributed by atoms with E-state index in [1.54, 1.807) is 0 Å². The summed E-state index contributed by atoms with van der Waals surface area (Å²) in [7, 11) is 2.05. The average Bonchev–Trinajstić information content (AvgIpc) is 3.11. The highest BCUT2D eigenvalue weighted by Crippen LogP contribution is 2.44. The van der Waals surface area contributed by atoms with E-state index in [2.05, 4.69) is 46.5 Å². The van der Waals surface area contributed by atoms with Gasteiger partial charge < -0.3 is 5.32 Å². The molecule has 19 heavy (non-hydrogen) atoms. The predicted octanol–water partition coefficient (Wildman–Crippen LogP) is 5.50. The molecule has 0 radical (unpaired) electrons. The Bertz CT molecular complexity index is 592. The van der Waals surface area contributed by atoms with E-state index in [1.165, 1.54) is 22.6 Å². The Hall–Kier alpha value is -0.350. The lowest BCUT2D eigenvalue weighted by atomic mass is 10.1. The van der Waals surface area contributed by atoms with Crippen molar-refractivity contribution in [1.82, 2.24) is 5.32 Å². The highest BCUT2D eigenvalue weighted by atomic mass is 79.9. The second kappa shape index (κ2) is 5.57. The Morgan fingerprint density at radius 2 is 2.11 bits per heavy atom. The molecule has 1 unspecified atom stereocenters. The molecular weight excluding hydrogens is 342 g/mol. The Morgan fingerprint density at radius 1 is 1.32 bits per heavy atom. The minimum atomic E-state index is 0.504. The van der Waals surface area contributed by atoms with Crippen LogP contribution in [-0.4, -0.2) is 7.05 Å². The molecule has 2 aromatic rings. The van der Waals surface area contributed by atoms with Gasteiger partial charge in [0.1, 0.15) is 0 Å². The van der Waals surface area contributed by atoms with Crippen LogP contribution in [0.1, 0.15) is 23.8 Å². The van der Waals surface area contributed by atoms with Crippen LogP contribution < -0.4 is 5.32 Å². The quantitative estimate of drug-likeness (QED) is 0.762. The fourth-order valence-corrected chi connectivity index (χ4v) is 4.27. The molecule has 0 amide bonds. The smallest absolute Gasteiger partial charge is 0.0493 e. The van der Waals surface area contributed by atoms with E-state index in [1.807, 2.05) is 23.5 Å². The maximum absolute atomic E-state index is 6.30. The van der Waals surface area contributed by atoms with Gasteiger partial charge in [-0.1, -0.05) is 27.5 Å². The molecule has 1 fully saturated rings. The second-order valence-corrected chi connectivity index (χ2v) is 7.37. The van der Waals surface area contributed by atoms with Crippen molar-refractivity contribution < 1.29 is 0 Å². The van der Waals surface area contributed by atoms with Crippen molar-refractivity contribution in [2.24, 2.45) is 5.92 Å². The molecule has 1 aliphatic rings. The fraction of sp³-hybridized carbons (Fsp3) is 0.333. The van der Waals surface area contributed by atoms with Gasteiger partial charge >= 0.3 is 0 Å². The Balaban J connectivity index is 1.94. The van der Waals surface area contributed by atoms with Crippen LogP contribution in [0.2, 0.25) is 5.02 Å². The first-order chi connectivity index (χ1) is 9.19. The van der Waals surface area contributed by atoms with E-state index >= 15 is 0 Å². The minimum absolute atomic E-state index is 0.504. The lowest BCUT2D eigenvalue weighted by Gasteiger charge is -2.12. The molecule has 1 N–H and O–H groups in total. The summed E-state index contributed by atoms with van der Waals surface area (Å²) in [4.78, 5) is 2.65. The summed E-state index contributed by atoms with van der Waals surface area (Å²) in [5.41, 5.74) is 1.11. The van der Waals surface area contributed by atoms with Crippen molar-refractivity contribution in [2.45, 2.75) is 18.9 Å². The highest BCUT2D eigenvalue weighted by molar-refractivity contribution is 9.10. The van der Waals surface area contributed by atoms with Gasteiger partial charge in [-0.25, -0.2) is 0 Å². The van der Waals surface area contributed by atoms with E-state index in [9.17, 15) is 0 Å². The van der Waals surface area contributed by atoms with Crippen LogP contribution in [0.4, 0.5) is 0 Å². The Morgan fingerprint density at radius 3 is 2.79 bits per heavy atom. The van der Waals surface area contributed by atoms with Gasteiger partial charge in [0.25, 0.3) is 0 Å². The van der Waals surface area contributed by atoms with Gasteiger partial charge in [-0.3, -0.25) is 0 Å². The lowest BCUT2D eigenvalue weighted by Crippen LogP contribution is -2.16. The molecule has 1 aromatic carbocycles. The molecule has 3 rings (SSSR count). The third-order valence-corrected chi connectivity index (χ3v) is 5.56. The van der Waals surface area contributed by atoms with E-state index in [-0.39, 0.29) is 0 Å². The molecule has 1 aliphatic carbocycles. The van der Waals surface area contributed by atoms with E-state index < -0.39 is 0 Å². The van der Waals surface area contributed by atoms with Crippen LogP contribution >= 0.6 is 38.9 Å². The van der Waals surface area contributed by atoms with E-state index in [0.29, 0.717) is 6.04 Å². The first-order valence-electron chi connectivity index (χ1n) is 6.41. The molecule has 1 nitrogen and oxygen atoms in total. The average molecular weight is 357 g/mol. The number of hydrogen-bond acceptors (Lipinski definition) is 2. The zero-order chi connectivity index (χ0) is 13.4. The maximum atomic E-state index is 6.30. The number of thiophene rings is 1. The largest absolute Gasteiger partial charge is 0.312 e. The summed E-state index contributed by atoms with van der Waals surface area (Å²) in [5, 5.41) is 4.25. The molecule has 1 atom stereocenters. The molecule has 0 bridgehead atoms. The van der Waals surface area contributed by atoms with Crippen molar-refractivity contribution >= 4 is 38.9 Å². The van der Waals surface area contributed by atoms with Gasteiger partial charge in [0.2, 0.25) is 0 Å². The summed E-state index contributed by atoms with van der Waals surface area (Å²) in [6, 6.07) is 10.9. The molecular formula is C15H15BrClNS. The van der Waals surface area contributed by atoms with Crippen LogP contribution in [0.5, 0.6) is 0 Å². The van der Waals surface area contributed by atoms with Crippen LogP contribution in [0.3, 0.4) is 0 Å². The number of hydrogen-bond donors (Lipinski definition) is 1. The topological polar surface area (TPSA) is 12.0 Å². The van der Waals surface area contributed by atoms with Crippen molar-refractivity contribution in [3.8, 4) is 10.4 Å². The lowest BCUT2D eigenvalue weighted by molar-refractivity contribution is 0.537. The Kier molecular flexibility index (Phi) is 3.99. The SMILES string of the molecule is CNC(c1ccc(-c2cc(Br)ccc2Cl)s1)C1CC1. The Labute approximate surface area is 131 Å². The number of benzene rings is 1. The second-order valence-electron chi connectivity index (χ2n) is 4.93. The predicted molar refractivity (Wildman–Crippen MR) is 87.0 cm³/mol. The number of halogens is 2. The summed E-state index contributed by atoms with van der Waals surface area (Å²) in [5.74, 6) is 0.814. The first-order valence-corrected chi connectivity index (χ1v) is 8.40. The normalized spacial score (nSPS) is 16.6. The van der Waals surface area contributed by atoms with E-state index in [4.69, 9.17) is 11.6 Å². The molecule has 0 spiro atoms. The molecule has 1 saturated carbocycles. The van der Waals surface area contributed by atoms with Crippen LogP contribution in [0.25, 0.3) is 10.4 Å². The fourth-order valence-electron chi connectivity index (χ4n) is 2.39. The van der Waals surface area contributed by atoms with Gasteiger partial charge in [0, 0.05) is 30.9 Å². The van der Waals surface area contributed by atoms with Crippen LogP contribution in [0, 0.1) is 5.92 Å². The maximum Gasteiger partial charge on any atom is 0.0493 e.